The second kappa shape index (κ2) is 5.78. The molecule has 5 heteroatoms. The molecule has 4 nitrogen and oxygen atoms in total. The minimum absolute atomic E-state index is 0.116. The molecule has 1 N–H and O–H groups in total. The average molecular weight is 319 g/mol. The van der Waals surface area contributed by atoms with Crippen molar-refractivity contribution in [1.29, 1.82) is 0 Å². The number of nitrogens with zero attached hydrogens (tertiary/aromatic N) is 2. The molecule has 1 aliphatic carbocycles. The van der Waals surface area contributed by atoms with Crippen LogP contribution < -0.4 is 5.43 Å². The maximum absolute atomic E-state index is 12.0. The highest BCUT2D eigenvalue weighted by Crippen LogP contribution is 2.26. The zero-order chi connectivity index (χ0) is 15.6. The standard InChI is InChI=1S/C18H13N3OS/c22-17-10-15(13-8-4-5-9-14(13)17)20-21-18-19-16(11-23-18)12-6-2-1-3-7-12/h1-9,11H,10H2,(H,19,21)/b20-15-. The van der Waals surface area contributed by atoms with Gasteiger partial charge in [-0.2, -0.15) is 5.10 Å². The quantitative estimate of drug-likeness (QED) is 0.736. The predicted octanol–water partition coefficient (Wildman–Crippen LogP) is 4.21. The number of carbonyl (C=O) groups is 1. The van der Waals surface area contributed by atoms with E-state index in [0.29, 0.717) is 11.6 Å². The third-order valence-corrected chi connectivity index (χ3v) is 4.47. The van der Waals surface area contributed by atoms with Crippen molar-refractivity contribution < 1.29 is 4.79 Å². The van der Waals surface area contributed by atoms with E-state index >= 15 is 0 Å². The molecule has 1 aromatic heterocycles. The Labute approximate surface area is 137 Å². The Kier molecular flexibility index (Phi) is 3.48. The van der Waals surface area contributed by atoms with Gasteiger partial charge in [0, 0.05) is 22.1 Å². The number of carbonyl (C=O) groups excluding carboxylic acids is 1. The summed E-state index contributed by atoms with van der Waals surface area (Å²) in [6, 6.07) is 17.6. The van der Waals surface area contributed by atoms with Crippen LogP contribution >= 0.6 is 11.3 Å². The number of hydrogen-bond donors (Lipinski definition) is 1. The first-order valence-electron chi connectivity index (χ1n) is 7.27. The van der Waals surface area contributed by atoms with Crippen LogP contribution in [0.4, 0.5) is 5.13 Å². The summed E-state index contributed by atoms with van der Waals surface area (Å²) in [5.74, 6) is 0.116. The zero-order valence-electron chi connectivity index (χ0n) is 12.2. The zero-order valence-corrected chi connectivity index (χ0v) is 13.0. The van der Waals surface area contributed by atoms with Crippen LogP contribution in [0.15, 0.2) is 65.1 Å². The molecule has 0 aliphatic heterocycles. The van der Waals surface area contributed by atoms with E-state index in [-0.39, 0.29) is 5.78 Å². The molecule has 0 unspecified atom stereocenters. The van der Waals surface area contributed by atoms with Crippen molar-refractivity contribution in [1.82, 2.24) is 4.98 Å². The third-order valence-electron chi connectivity index (χ3n) is 3.73. The largest absolute Gasteiger partial charge is 0.294 e. The highest BCUT2D eigenvalue weighted by Gasteiger charge is 2.24. The fourth-order valence-corrected chi connectivity index (χ4v) is 3.26. The highest BCUT2D eigenvalue weighted by molar-refractivity contribution is 7.14. The number of ketones is 1. The summed E-state index contributed by atoms with van der Waals surface area (Å²) in [5, 5.41) is 7.09. The maximum atomic E-state index is 12.0. The van der Waals surface area contributed by atoms with Crippen LogP contribution in [0.2, 0.25) is 0 Å². The van der Waals surface area contributed by atoms with Crippen molar-refractivity contribution in [2.24, 2.45) is 5.10 Å². The van der Waals surface area contributed by atoms with Gasteiger partial charge >= 0.3 is 0 Å². The minimum atomic E-state index is 0.116. The number of fused-ring (bicyclic) bond motifs is 1. The normalized spacial score (nSPS) is 15.0. The van der Waals surface area contributed by atoms with Crippen LogP contribution in [0.3, 0.4) is 0 Å². The molecule has 23 heavy (non-hydrogen) atoms. The summed E-state index contributed by atoms with van der Waals surface area (Å²) in [7, 11) is 0. The second-order valence-electron chi connectivity index (χ2n) is 5.22. The Bertz CT molecular complexity index is 899. The molecular formula is C18H13N3OS. The number of aromatic nitrogens is 1. The molecule has 0 bridgehead atoms. The van der Waals surface area contributed by atoms with Gasteiger partial charge in [0.15, 0.2) is 5.78 Å². The van der Waals surface area contributed by atoms with Gasteiger partial charge in [-0.25, -0.2) is 4.98 Å². The molecule has 0 saturated carbocycles. The van der Waals surface area contributed by atoms with Crippen molar-refractivity contribution >= 4 is 28.0 Å². The van der Waals surface area contributed by atoms with Crippen molar-refractivity contribution in [3.8, 4) is 11.3 Å². The highest BCUT2D eigenvalue weighted by atomic mass is 32.1. The molecule has 0 atom stereocenters. The first kappa shape index (κ1) is 13.8. The molecule has 0 fully saturated rings. The van der Waals surface area contributed by atoms with Gasteiger partial charge in [0.05, 0.1) is 17.8 Å². The van der Waals surface area contributed by atoms with E-state index < -0.39 is 0 Å². The van der Waals surface area contributed by atoms with Gasteiger partial charge in [-0.15, -0.1) is 11.3 Å². The third kappa shape index (κ3) is 2.66. The fraction of sp³-hybridized carbons (Fsp3) is 0.0556. The molecule has 3 aromatic rings. The summed E-state index contributed by atoms with van der Waals surface area (Å²) in [4.78, 5) is 16.5. The Morgan fingerprint density at radius 2 is 1.74 bits per heavy atom. The first-order chi connectivity index (χ1) is 11.3. The molecule has 112 valence electrons. The van der Waals surface area contributed by atoms with E-state index in [1.807, 2.05) is 60.0 Å². The minimum Gasteiger partial charge on any atom is -0.294 e. The van der Waals surface area contributed by atoms with Crippen LogP contribution in [0, 0.1) is 0 Å². The summed E-state index contributed by atoms with van der Waals surface area (Å²) in [6.07, 6.45) is 0.337. The van der Waals surface area contributed by atoms with Crippen LogP contribution in [-0.2, 0) is 0 Å². The molecule has 1 aliphatic rings. The Morgan fingerprint density at radius 1 is 1.00 bits per heavy atom. The lowest BCUT2D eigenvalue weighted by Crippen LogP contribution is -2.00. The fourth-order valence-electron chi connectivity index (χ4n) is 2.60. The van der Waals surface area contributed by atoms with Gasteiger partial charge in [-0.3, -0.25) is 10.2 Å². The molecule has 4 rings (SSSR count). The number of hydrogen-bond acceptors (Lipinski definition) is 5. The summed E-state index contributed by atoms with van der Waals surface area (Å²) < 4.78 is 0. The molecule has 1 heterocycles. The smallest absolute Gasteiger partial charge is 0.203 e. The van der Waals surface area contributed by atoms with Crippen molar-refractivity contribution in [2.45, 2.75) is 6.42 Å². The Morgan fingerprint density at radius 3 is 2.57 bits per heavy atom. The average Bonchev–Trinajstić information content (AvgIpc) is 3.19. The van der Waals surface area contributed by atoms with Crippen molar-refractivity contribution in [3.05, 3.63) is 71.1 Å². The number of hydrazone groups is 1. The van der Waals surface area contributed by atoms with Crippen LogP contribution in [0.25, 0.3) is 11.3 Å². The van der Waals surface area contributed by atoms with Crippen molar-refractivity contribution in [2.75, 3.05) is 5.43 Å². The number of Topliss-reactive ketones (excluding diaryl/α,β-unsaturated/α-hetero) is 1. The molecule has 0 amide bonds. The van der Waals surface area contributed by atoms with E-state index in [1.165, 1.54) is 11.3 Å². The summed E-state index contributed by atoms with van der Waals surface area (Å²) in [5.41, 5.74) is 7.39. The predicted molar refractivity (Wildman–Crippen MR) is 93.1 cm³/mol. The van der Waals surface area contributed by atoms with Crippen LogP contribution in [0.5, 0.6) is 0 Å². The lowest BCUT2D eigenvalue weighted by Gasteiger charge is -1.99. The number of thiazole rings is 1. The number of benzene rings is 2. The monoisotopic (exact) mass is 319 g/mol. The van der Waals surface area contributed by atoms with E-state index in [9.17, 15) is 4.79 Å². The molecule has 0 saturated heterocycles. The van der Waals surface area contributed by atoms with Gasteiger partial charge < -0.3 is 0 Å². The number of anilines is 1. The number of nitrogens with one attached hydrogen (secondary N) is 1. The first-order valence-corrected chi connectivity index (χ1v) is 8.15. The SMILES string of the molecule is O=C1C/C(=N/Nc2nc(-c3ccccc3)cs2)c2ccccc21. The van der Waals surface area contributed by atoms with Crippen LogP contribution in [0.1, 0.15) is 22.3 Å². The summed E-state index contributed by atoms with van der Waals surface area (Å²) >= 11 is 1.50. The van der Waals surface area contributed by atoms with Gasteiger partial charge in [-0.05, 0) is 0 Å². The lowest BCUT2D eigenvalue weighted by molar-refractivity contribution is 0.101. The Hall–Kier alpha value is -2.79. The van der Waals surface area contributed by atoms with Crippen molar-refractivity contribution in [3.63, 3.8) is 0 Å². The topological polar surface area (TPSA) is 54.4 Å². The molecule has 2 aromatic carbocycles. The van der Waals surface area contributed by atoms with E-state index in [1.54, 1.807) is 0 Å². The maximum Gasteiger partial charge on any atom is 0.203 e. The molecular weight excluding hydrogens is 306 g/mol. The molecule has 0 radical (unpaired) electrons. The second-order valence-corrected chi connectivity index (χ2v) is 6.08. The summed E-state index contributed by atoms with van der Waals surface area (Å²) in [6.45, 7) is 0. The molecule has 0 spiro atoms. The van der Waals surface area contributed by atoms with E-state index in [4.69, 9.17) is 0 Å². The Balaban J connectivity index is 1.56. The van der Waals surface area contributed by atoms with E-state index in [0.717, 1.165) is 28.1 Å². The van der Waals surface area contributed by atoms with Gasteiger partial charge in [0.25, 0.3) is 0 Å². The van der Waals surface area contributed by atoms with Crippen LogP contribution in [-0.4, -0.2) is 16.5 Å². The number of rotatable bonds is 3. The van der Waals surface area contributed by atoms with E-state index in [2.05, 4.69) is 15.5 Å². The van der Waals surface area contributed by atoms with Gasteiger partial charge in [0.2, 0.25) is 5.13 Å². The van der Waals surface area contributed by atoms with Gasteiger partial charge in [-0.1, -0.05) is 54.6 Å². The lowest BCUT2D eigenvalue weighted by atomic mass is 10.1. The van der Waals surface area contributed by atoms with Gasteiger partial charge in [0.1, 0.15) is 0 Å².